The zero-order chi connectivity index (χ0) is 14.2. The lowest BCUT2D eigenvalue weighted by Gasteiger charge is -2.52. The molecule has 1 aromatic rings. The number of halogens is 2. The Morgan fingerprint density at radius 1 is 1.32 bits per heavy atom. The summed E-state index contributed by atoms with van der Waals surface area (Å²) in [5, 5.41) is 3.10. The molecule has 2 nitrogen and oxygen atoms in total. The van der Waals surface area contributed by atoms with Crippen molar-refractivity contribution < 1.29 is 13.5 Å². The summed E-state index contributed by atoms with van der Waals surface area (Å²) in [6, 6.07) is 2.55. The van der Waals surface area contributed by atoms with E-state index in [0.29, 0.717) is 12.2 Å². The Morgan fingerprint density at radius 2 is 2.00 bits per heavy atom. The van der Waals surface area contributed by atoms with Crippen molar-refractivity contribution in [2.24, 2.45) is 5.41 Å². The molecule has 0 bridgehead atoms. The third-order valence-electron chi connectivity index (χ3n) is 4.12. The van der Waals surface area contributed by atoms with Gasteiger partial charge in [-0.05, 0) is 31.9 Å². The average molecular weight is 269 g/mol. The van der Waals surface area contributed by atoms with Gasteiger partial charge in [-0.3, -0.25) is 0 Å². The van der Waals surface area contributed by atoms with Crippen molar-refractivity contribution in [3.63, 3.8) is 0 Å². The standard InChI is InChI=1S/C15H21F2NO/c1-5-19-14-8-13(15(14,3)4)18-12-7-10(16)9(2)6-11(12)17/h6-7,13-14,18H,5,8H2,1-4H3. The van der Waals surface area contributed by atoms with Gasteiger partial charge in [0.15, 0.2) is 0 Å². The first kappa shape index (κ1) is 14.3. The van der Waals surface area contributed by atoms with Gasteiger partial charge in [0.2, 0.25) is 0 Å². The maximum atomic E-state index is 13.8. The Morgan fingerprint density at radius 3 is 2.58 bits per heavy atom. The Labute approximate surface area is 113 Å². The molecule has 106 valence electrons. The van der Waals surface area contributed by atoms with Crippen LogP contribution in [0.5, 0.6) is 0 Å². The normalized spacial score (nSPS) is 24.9. The van der Waals surface area contributed by atoms with Gasteiger partial charge in [0.25, 0.3) is 0 Å². The minimum absolute atomic E-state index is 0.0796. The lowest BCUT2D eigenvalue weighted by atomic mass is 9.64. The van der Waals surface area contributed by atoms with Crippen LogP contribution < -0.4 is 5.32 Å². The van der Waals surface area contributed by atoms with E-state index in [9.17, 15) is 8.78 Å². The molecule has 1 fully saturated rings. The number of hydrogen-bond acceptors (Lipinski definition) is 2. The monoisotopic (exact) mass is 269 g/mol. The molecule has 1 aromatic carbocycles. The fraction of sp³-hybridized carbons (Fsp3) is 0.600. The van der Waals surface area contributed by atoms with Gasteiger partial charge in [-0.25, -0.2) is 8.78 Å². The predicted molar refractivity (Wildman–Crippen MR) is 72.3 cm³/mol. The molecule has 2 rings (SSSR count). The van der Waals surface area contributed by atoms with Gasteiger partial charge in [0.05, 0.1) is 11.8 Å². The molecule has 0 radical (unpaired) electrons. The second-order valence-electron chi connectivity index (χ2n) is 5.78. The summed E-state index contributed by atoms with van der Waals surface area (Å²) in [6.07, 6.45) is 0.990. The summed E-state index contributed by atoms with van der Waals surface area (Å²) < 4.78 is 32.9. The Kier molecular flexibility index (Phi) is 3.81. The molecule has 0 aliphatic heterocycles. The third kappa shape index (κ3) is 2.59. The van der Waals surface area contributed by atoms with E-state index in [1.165, 1.54) is 12.1 Å². The molecule has 1 aliphatic rings. The molecule has 0 amide bonds. The summed E-state index contributed by atoms with van der Waals surface area (Å²) in [5.74, 6) is -0.794. The van der Waals surface area contributed by atoms with Gasteiger partial charge in [0.1, 0.15) is 11.6 Å². The van der Waals surface area contributed by atoms with Crippen molar-refractivity contribution in [3.8, 4) is 0 Å². The molecule has 2 unspecified atom stereocenters. The number of anilines is 1. The first-order valence-corrected chi connectivity index (χ1v) is 6.70. The highest BCUT2D eigenvalue weighted by molar-refractivity contribution is 5.48. The zero-order valence-corrected chi connectivity index (χ0v) is 11.9. The zero-order valence-electron chi connectivity index (χ0n) is 11.9. The van der Waals surface area contributed by atoms with E-state index in [4.69, 9.17) is 4.74 Å². The Bertz CT molecular complexity index is 473. The second kappa shape index (κ2) is 5.08. The summed E-state index contributed by atoms with van der Waals surface area (Å²) in [4.78, 5) is 0. The number of ether oxygens (including phenoxy) is 1. The number of rotatable bonds is 4. The fourth-order valence-electron chi connectivity index (χ4n) is 2.56. The first-order valence-electron chi connectivity index (χ1n) is 6.70. The molecule has 1 N–H and O–H groups in total. The molecule has 0 heterocycles. The van der Waals surface area contributed by atoms with Crippen molar-refractivity contribution >= 4 is 5.69 Å². The SMILES string of the molecule is CCOC1CC(Nc2cc(F)c(C)cc2F)C1(C)C. The number of nitrogens with one attached hydrogen (secondary N) is 1. The molecule has 0 saturated heterocycles. The quantitative estimate of drug-likeness (QED) is 0.895. The van der Waals surface area contributed by atoms with Crippen molar-refractivity contribution in [1.82, 2.24) is 0 Å². The van der Waals surface area contributed by atoms with Crippen LogP contribution in [-0.2, 0) is 4.74 Å². The van der Waals surface area contributed by atoms with Gasteiger partial charge in [-0.2, -0.15) is 0 Å². The van der Waals surface area contributed by atoms with Gasteiger partial charge in [0, 0.05) is 24.1 Å². The van der Waals surface area contributed by atoms with Crippen LogP contribution >= 0.6 is 0 Å². The van der Waals surface area contributed by atoms with E-state index in [-0.39, 0.29) is 29.1 Å². The van der Waals surface area contributed by atoms with E-state index >= 15 is 0 Å². The minimum Gasteiger partial charge on any atom is -0.379 e. The van der Waals surface area contributed by atoms with E-state index in [2.05, 4.69) is 19.2 Å². The lowest BCUT2D eigenvalue weighted by molar-refractivity contribution is -0.0976. The number of aryl methyl sites for hydroxylation is 1. The molecule has 1 aliphatic carbocycles. The molecule has 4 heteroatoms. The highest BCUT2D eigenvalue weighted by Gasteiger charge is 2.49. The number of hydrogen-bond donors (Lipinski definition) is 1. The van der Waals surface area contributed by atoms with E-state index in [1.54, 1.807) is 6.92 Å². The van der Waals surface area contributed by atoms with Crippen molar-refractivity contribution in [1.29, 1.82) is 0 Å². The Balaban J connectivity index is 2.09. The van der Waals surface area contributed by atoms with Gasteiger partial charge >= 0.3 is 0 Å². The van der Waals surface area contributed by atoms with Crippen molar-refractivity contribution in [2.75, 3.05) is 11.9 Å². The molecule has 0 spiro atoms. The smallest absolute Gasteiger partial charge is 0.146 e. The van der Waals surface area contributed by atoms with Crippen LogP contribution in [0.25, 0.3) is 0 Å². The van der Waals surface area contributed by atoms with Crippen molar-refractivity contribution in [2.45, 2.75) is 46.3 Å². The second-order valence-corrected chi connectivity index (χ2v) is 5.78. The molecular formula is C15H21F2NO. The molecular weight excluding hydrogens is 248 g/mol. The number of benzene rings is 1. The van der Waals surface area contributed by atoms with Gasteiger partial charge in [-0.1, -0.05) is 13.8 Å². The third-order valence-corrected chi connectivity index (χ3v) is 4.12. The van der Waals surface area contributed by atoms with Crippen LogP contribution in [0.4, 0.5) is 14.5 Å². The summed E-state index contributed by atoms with van der Waals surface area (Å²) in [5.41, 5.74) is 0.475. The molecule has 2 atom stereocenters. The Hall–Kier alpha value is -1.16. The maximum Gasteiger partial charge on any atom is 0.146 e. The molecule has 1 saturated carbocycles. The van der Waals surface area contributed by atoms with Crippen LogP contribution in [-0.4, -0.2) is 18.8 Å². The summed E-state index contributed by atoms with van der Waals surface area (Å²) in [6.45, 7) is 8.36. The van der Waals surface area contributed by atoms with Crippen molar-refractivity contribution in [3.05, 3.63) is 29.3 Å². The summed E-state index contributed by atoms with van der Waals surface area (Å²) >= 11 is 0. The maximum absolute atomic E-state index is 13.8. The van der Waals surface area contributed by atoms with E-state index in [0.717, 1.165) is 6.42 Å². The van der Waals surface area contributed by atoms with E-state index in [1.807, 2.05) is 6.92 Å². The van der Waals surface area contributed by atoms with Crippen LogP contribution in [0.1, 0.15) is 32.8 Å². The summed E-state index contributed by atoms with van der Waals surface area (Å²) in [7, 11) is 0. The fourth-order valence-corrected chi connectivity index (χ4v) is 2.56. The predicted octanol–water partition coefficient (Wildman–Crippen LogP) is 3.89. The largest absolute Gasteiger partial charge is 0.379 e. The highest BCUT2D eigenvalue weighted by atomic mass is 19.1. The minimum atomic E-state index is -0.408. The average Bonchev–Trinajstić information content (AvgIpc) is 2.34. The first-order chi connectivity index (χ1) is 8.86. The van der Waals surface area contributed by atoms with Crippen LogP contribution in [0.3, 0.4) is 0 Å². The highest BCUT2D eigenvalue weighted by Crippen LogP contribution is 2.44. The molecule has 0 aromatic heterocycles. The van der Waals surface area contributed by atoms with Crippen LogP contribution in [0.15, 0.2) is 12.1 Å². The van der Waals surface area contributed by atoms with Crippen LogP contribution in [0.2, 0.25) is 0 Å². The lowest BCUT2D eigenvalue weighted by Crippen LogP contribution is -2.58. The van der Waals surface area contributed by atoms with Gasteiger partial charge < -0.3 is 10.1 Å². The van der Waals surface area contributed by atoms with Crippen LogP contribution in [0, 0.1) is 24.0 Å². The van der Waals surface area contributed by atoms with Gasteiger partial charge in [-0.15, -0.1) is 0 Å². The molecule has 19 heavy (non-hydrogen) atoms. The topological polar surface area (TPSA) is 21.3 Å². The van der Waals surface area contributed by atoms with E-state index < -0.39 is 5.82 Å².